The second kappa shape index (κ2) is 7.30. The van der Waals surface area contributed by atoms with Crippen LogP contribution in [0.5, 0.6) is 0 Å². The first-order valence-electron chi connectivity index (χ1n) is 8.28. The SMILES string of the molecule is CCc1ccccc1N1C[C@H](C(=O)OCc2ccccc2)CC1=O. The lowest BCUT2D eigenvalue weighted by Gasteiger charge is -2.19. The molecule has 1 aliphatic rings. The van der Waals surface area contributed by atoms with Crippen molar-refractivity contribution in [1.82, 2.24) is 0 Å². The first-order chi connectivity index (χ1) is 11.7. The molecule has 24 heavy (non-hydrogen) atoms. The number of hydrogen-bond acceptors (Lipinski definition) is 3. The van der Waals surface area contributed by atoms with E-state index in [2.05, 4.69) is 6.92 Å². The van der Waals surface area contributed by atoms with Crippen molar-refractivity contribution in [3.63, 3.8) is 0 Å². The average Bonchev–Trinajstić information content (AvgIpc) is 3.02. The van der Waals surface area contributed by atoms with Crippen LogP contribution in [0.3, 0.4) is 0 Å². The Balaban J connectivity index is 1.65. The quantitative estimate of drug-likeness (QED) is 0.793. The molecule has 0 radical (unpaired) electrons. The van der Waals surface area contributed by atoms with E-state index in [4.69, 9.17) is 4.74 Å². The van der Waals surface area contributed by atoms with Crippen molar-refractivity contribution >= 4 is 17.6 Å². The number of ether oxygens (including phenoxy) is 1. The van der Waals surface area contributed by atoms with Crippen LogP contribution in [0.2, 0.25) is 0 Å². The van der Waals surface area contributed by atoms with Crippen LogP contribution in [0.25, 0.3) is 0 Å². The van der Waals surface area contributed by atoms with Gasteiger partial charge in [0, 0.05) is 18.7 Å². The Bertz CT molecular complexity index is 727. The highest BCUT2D eigenvalue weighted by molar-refractivity contribution is 6.00. The summed E-state index contributed by atoms with van der Waals surface area (Å²) in [6.45, 7) is 2.70. The van der Waals surface area contributed by atoms with Gasteiger partial charge in [0.15, 0.2) is 0 Å². The molecule has 0 bridgehead atoms. The van der Waals surface area contributed by atoms with Crippen LogP contribution in [0.4, 0.5) is 5.69 Å². The van der Waals surface area contributed by atoms with E-state index in [1.807, 2.05) is 54.6 Å². The summed E-state index contributed by atoms with van der Waals surface area (Å²) in [6, 6.07) is 17.4. The van der Waals surface area contributed by atoms with Gasteiger partial charge in [0.05, 0.1) is 5.92 Å². The highest BCUT2D eigenvalue weighted by atomic mass is 16.5. The van der Waals surface area contributed by atoms with Gasteiger partial charge in [0.2, 0.25) is 5.91 Å². The van der Waals surface area contributed by atoms with Gasteiger partial charge in [-0.1, -0.05) is 55.5 Å². The third kappa shape index (κ3) is 3.48. The Kier molecular flexibility index (Phi) is 4.94. The molecular weight excluding hydrogens is 302 g/mol. The number of amides is 1. The number of carbonyl (C=O) groups excluding carboxylic acids is 2. The third-order valence-corrected chi connectivity index (χ3v) is 4.35. The largest absolute Gasteiger partial charge is 0.461 e. The monoisotopic (exact) mass is 323 g/mol. The minimum absolute atomic E-state index is 0.0161. The molecule has 1 aliphatic heterocycles. The fourth-order valence-corrected chi connectivity index (χ4v) is 3.02. The van der Waals surface area contributed by atoms with Crippen LogP contribution in [-0.2, 0) is 27.4 Å². The molecular formula is C20H21NO3. The van der Waals surface area contributed by atoms with Gasteiger partial charge in [-0.2, -0.15) is 0 Å². The lowest BCUT2D eigenvalue weighted by molar-refractivity contribution is -0.149. The first kappa shape index (κ1) is 16.2. The second-order valence-corrected chi connectivity index (χ2v) is 5.98. The van der Waals surface area contributed by atoms with Crippen LogP contribution in [0.15, 0.2) is 54.6 Å². The van der Waals surface area contributed by atoms with Crippen molar-refractivity contribution in [3.8, 4) is 0 Å². The van der Waals surface area contributed by atoms with Gasteiger partial charge in [-0.3, -0.25) is 9.59 Å². The summed E-state index contributed by atoms with van der Waals surface area (Å²) in [5.41, 5.74) is 2.97. The minimum atomic E-state index is -0.397. The van der Waals surface area contributed by atoms with Crippen LogP contribution in [0.1, 0.15) is 24.5 Å². The van der Waals surface area contributed by atoms with Crippen molar-refractivity contribution < 1.29 is 14.3 Å². The molecule has 1 fully saturated rings. The molecule has 4 nitrogen and oxygen atoms in total. The van der Waals surface area contributed by atoms with E-state index in [9.17, 15) is 9.59 Å². The predicted molar refractivity (Wildman–Crippen MR) is 92.5 cm³/mol. The molecule has 0 saturated carbocycles. The summed E-state index contributed by atoms with van der Waals surface area (Å²) in [6.07, 6.45) is 1.06. The molecule has 1 heterocycles. The molecule has 1 atom stereocenters. The third-order valence-electron chi connectivity index (χ3n) is 4.35. The number of para-hydroxylation sites is 1. The standard InChI is InChI=1S/C20H21NO3/c1-2-16-10-6-7-11-18(16)21-13-17(12-19(21)22)20(23)24-14-15-8-4-3-5-9-15/h3-11,17H,2,12-14H2,1H3/t17-/m1/s1. The van der Waals surface area contributed by atoms with Crippen molar-refractivity contribution in [3.05, 3.63) is 65.7 Å². The topological polar surface area (TPSA) is 46.6 Å². The molecule has 4 heteroatoms. The van der Waals surface area contributed by atoms with Crippen molar-refractivity contribution in [2.45, 2.75) is 26.4 Å². The summed E-state index contributed by atoms with van der Waals surface area (Å²) in [5, 5.41) is 0. The zero-order chi connectivity index (χ0) is 16.9. The van der Waals surface area contributed by atoms with E-state index < -0.39 is 5.92 Å². The molecule has 0 spiro atoms. The molecule has 0 aromatic heterocycles. The average molecular weight is 323 g/mol. The number of esters is 1. The normalized spacial score (nSPS) is 17.1. The maximum Gasteiger partial charge on any atom is 0.311 e. The Morgan fingerprint density at radius 1 is 1.12 bits per heavy atom. The number of benzene rings is 2. The van der Waals surface area contributed by atoms with E-state index in [1.165, 1.54) is 0 Å². The Hall–Kier alpha value is -2.62. The van der Waals surface area contributed by atoms with E-state index in [-0.39, 0.29) is 24.9 Å². The van der Waals surface area contributed by atoms with E-state index in [0.717, 1.165) is 23.2 Å². The molecule has 1 amide bonds. The molecule has 1 saturated heterocycles. The number of hydrogen-bond donors (Lipinski definition) is 0. The van der Waals surface area contributed by atoms with Gasteiger partial charge < -0.3 is 9.64 Å². The minimum Gasteiger partial charge on any atom is -0.461 e. The van der Waals surface area contributed by atoms with Crippen LogP contribution in [-0.4, -0.2) is 18.4 Å². The van der Waals surface area contributed by atoms with Gasteiger partial charge >= 0.3 is 5.97 Å². The van der Waals surface area contributed by atoms with Crippen LogP contribution < -0.4 is 4.90 Å². The highest BCUT2D eigenvalue weighted by Gasteiger charge is 2.36. The highest BCUT2D eigenvalue weighted by Crippen LogP contribution is 2.29. The number of rotatable bonds is 5. The number of carbonyl (C=O) groups is 2. The maximum absolute atomic E-state index is 12.4. The van der Waals surface area contributed by atoms with Crippen molar-refractivity contribution in [2.75, 3.05) is 11.4 Å². The molecule has 3 rings (SSSR count). The zero-order valence-corrected chi connectivity index (χ0v) is 13.8. The summed E-state index contributed by atoms with van der Waals surface area (Å²) in [7, 11) is 0. The van der Waals surface area contributed by atoms with Crippen LogP contribution in [0, 0.1) is 5.92 Å². The summed E-state index contributed by atoms with van der Waals surface area (Å²) < 4.78 is 5.38. The van der Waals surface area contributed by atoms with Gasteiger partial charge in [-0.05, 0) is 23.6 Å². The molecule has 2 aromatic rings. The Morgan fingerprint density at radius 2 is 1.83 bits per heavy atom. The zero-order valence-electron chi connectivity index (χ0n) is 13.8. The van der Waals surface area contributed by atoms with Gasteiger partial charge in [-0.25, -0.2) is 0 Å². The molecule has 2 aromatic carbocycles. The smallest absolute Gasteiger partial charge is 0.311 e. The number of aryl methyl sites for hydroxylation is 1. The van der Waals surface area contributed by atoms with Gasteiger partial charge in [-0.15, -0.1) is 0 Å². The van der Waals surface area contributed by atoms with E-state index in [1.54, 1.807) is 4.90 Å². The van der Waals surface area contributed by atoms with E-state index in [0.29, 0.717) is 6.54 Å². The van der Waals surface area contributed by atoms with E-state index >= 15 is 0 Å². The molecule has 0 aliphatic carbocycles. The fraction of sp³-hybridized carbons (Fsp3) is 0.300. The van der Waals surface area contributed by atoms with Gasteiger partial charge in [0.25, 0.3) is 0 Å². The van der Waals surface area contributed by atoms with Crippen molar-refractivity contribution in [2.24, 2.45) is 5.92 Å². The predicted octanol–water partition coefficient (Wildman–Crippen LogP) is 3.35. The summed E-state index contributed by atoms with van der Waals surface area (Å²) >= 11 is 0. The lowest BCUT2D eigenvalue weighted by atomic mass is 10.1. The Labute approximate surface area is 142 Å². The number of anilines is 1. The van der Waals surface area contributed by atoms with Crippen LogP contribution >= 0.6 is 0 Å². The summed E-state index contributed by atoms with van der Waals surface area (Å²) in [4.78, 5) is 26.4. The van der Waals surface area contributed by atoms with Gasteiger partial charge in [0.1, 0.15) is 6.61 Å². The molecule has 0 unspecified atom stereocenters. The first-order valence-corrected chi connectivity index (χ1v) is 8.28. The maximum atomic E-state index is 12.4. The lowest BCUT2D eigenvalue weighted by Crippen LogP contribution is -2.27. The number of nitrogens with zero attached hydrogens (tertiary/aromatic N) is 1. The van der Waals surface area contributed by atoms with Crippen molar-refractivity contribution in [1.29, 1.82) is 0 Å². The molecule has 124 valence electrons. The summed E-state index contributed by atoms with van der Waals surface area (Å²) in [5.74, 6) is -0.715. The fourth-order valence-electron chi connectivity index (χ4n) is 3.02. The second-order valence-electron chi connectivity index (χ2n) is 5.98. The molecule has 0 N–H and O–H groups in total. The Morgan fingerprint density at radius 3 is 2.58 bits per heavy atom.